The van der Waals surface area contributed by atoms with Gasteiger partial charge in [0.15, 0.2) is 0 Å². The number of piperidine rings is 2. The number of imide groups is 1. The first-order valence-corrected chi connectivity index (χ1v) is 12.5. The number of anilines is 1. The molecule has 188 valence electrons. The molecule has 0 aliphatic carbocycles. The highest BCUT2D eigenvalue weighted by molar-refractivity contribution is 6.05. The third-order valence-electron chi connectivity index (χ3n) is 7.79. The number of nitrogens with one attached hydrogen (secondary N) is 1. The Labute approximate surface area is 205 Å². The smallest absolute Gasteiger partial charge is 0.410 e. The quantitative estimate of drug-likeness (QED) is 0.651. The summed E-state index contributed by atoms with van der Waals surface area (Å²) in [6.45, 7) is 9.34. The minimum Gasteiger partial charge on any atom is -0.444 e. The molecule has 0 radical (unpaired) electrons. The molecule has 0 saturated carbocycles. The van der Waals surface area contributed by atoms with E-state index in [1.807, 2.05) is 37.8 Å². The monoisotopic (exact) mass is 482 g/mol. The number of carbonyl (C=O) groups excluding carboxylic acids is 4. The van der Waals surface area contributed by atoms with Crippen molar-refractivity contribution in [3.63, 3.8) is 0 Å². The number of ether oxygens (including phenoxy) is 1. The molecule has 5 rings (SSSR count). The van der Waals surface area contributed by atoms with Gasteiger partial charge < -0.3 is 19.4 Å². The van der Waals surface area contributed by atoms with Gasteiger partial charge in [0, 0.05) is 50.4 Å². The summed E-state index contributed by atoms with van der Waals surface area (Å²) in [7, 11) is 0. The van der Waals surface area contributed by atoms with Gasteiger partial charge >= 0.3 is 6.09 Å². The molecule has 35 heavy (non-hydrogen) atoms. The lowest BCUT2D eigenvalue weighted by atomic mass is 9.77. The molecule has 3 saturated heterocycles. The van der Waals surface area contributed by atoms with Crippen molar-refractivity contribution in [1.82, 2.24) is 15.1 Å². The highest BCUT2D eigenvalue weighted by atomic mass is 16.6. The molecule has 1 spiro atoms. The summed E-state index contributed by atoms with van der Waals surface area (Å²) in [5, 5.41) is 2.35. The van der Waals surface area contributed by atoms with Crippen molar-refractivity contribution in [2.75, 3.05) is 31.1 Å². The third-order valence-corrected chi connectivity index (χ3v) is 7.79. The Balaban J connectivity index is 1.21. The van der Waals surface area contributed by atoms with Crippen molar-refractivity contribution in [1.29, 1.82) is 0 Å². The summed E-state index contributed by atoms with van der Waals surface area (Å²) in [5.74, 6) is -0.815. The normalized spacial score (nSPS) is 24.1. The van der Waals surface area contributed by atoms with Crippen LogP contribution in [-0.4, -0.2) is 71.4 Å². The maximum Gasteiger partial charge on any atom is 0.410 e. The standard InChI is InChI=1S/C26H34N4O5/c1-25(2,3)35-24(34)29-13-10-26(16-29)8-11-28(12-9-26)18-4-5-19-17(14-18)15-30(23(19)33)20-6-7-21(31)27-22(20)32/h4-5,14,20H,6-13,15-16H2,1-3H3,(H,27,31,32). The van der Waals surface area contributed by atoms with E-state index in [1.54, 1.807) is 4.90 Å². The number of nitrogens with zero attached hydrogens (tertiary/aromatic N) is 3. The fraction of sp³-hybridized carbons (Fsp3) is 0.615. The van der Waals surface area contributed by atoms with E-state index in [-0.39, 0.29) is 35.7 Å². The number of likely N-dealkylation sites (tertiary alicyclic amines) is 1. The van der Waals surface area contributed by atoms with Crippen molar-refractivity contribution in [2.45, 2.75) is 71.1 Å². The van der Waals surface area contributed by atoms with Gasteiger partial charge in [-0.3, -0.25) is 19.7 Å². The molecule has 1 aromatic carbocycles. The van der Waals surface area contributed by atoms with Crippen LogP contribution in [0.2, 0.25) is 0 Å². The van der Waals surface area contributed by atoms with Gasteiger partial charge in [0.05, 0.1) is 0 Å². The number of rotatable bonds is 2. The SMILES string of the molecule is CC(C)(C)OC(=O)N1CCC2(CCN(c3ccc4c(c3)CN(C3CCC(=O)NC3=O)C4=O)CC2)C1. The van der Waals surface area contributed by atoms with Crippen molar-refractivity contribution < 1.29 is 23.9 Å². The molecule has 9 nitrogen and oxygen atoms in total. The Morgan fingerprint density at radius 1 is 1.09 bits per heavy atom. The lowest BCUT2D eigenvalue weighted by Crippen LogP contribution is -2.52. The van der Waals surface area contributed by atoms with Crippen molar-refractivity contribution in [3.05, 3.63) is 29.3 Å². The van der Waals surface area contributed by atoms with Crippen LogP contribution in [0.25, 0.3) is 0 Å². The lowest BCUT2D eigenvalue weighted by Gasteiger charge is -2.40. The summed E-state index contributed by atoms with van der Waals surface area (Å²) >= 11 is 0. The molecule has 4 aliphatic heterocycles. The van der Waals surface area contributed by atoms with Gasteiger partial charge in [-0.25, -0.2) is 4.79 Å². The topological polar surface area (TPSA) is 99.3 Å². The van der Waals surface area contributed by atoms with Gasteiger partial charge in [0.1, 0.15) is 11.6 Å². The van der Waals surface area contributed by atoms with Crippen molar-refractivity contribution in [3.8, 4) is 0 Å². The second-order valence-corrected chi connectivity index (χ2v) is 11.4. The lowest BCUT2D eigenvalue weighted by molar-refractivity contribution is -0.136. The number of fused-ring (bicyclic) bond motifs is 1. The second kappa shape index (κ2) is 8.53. The van der Waals surface area contributed by atoms with Crippen LogP contribution in [0.1, 0.15) is 68.8 Å². The molecule has 4 heterocycles. The molecule has 4 aliphatic rings. The molecule has 4 amide bonds. The van der Waals surface area contributed by atoms with Crippen molar-refractivity contribution in [2.24, 2.45) is 5.41 Å². The molecule has 3 fully saturated rings. The summed E-state index contributed by atoms with van der Waals surface area (Å²) in [4.78, 5) is 55.0. The molecule has 9 heteroatoms. The van der Waals surface area contributed by atoms with E-state index >= 15 is 0 Å². The molecule has 0 aromatic heterocycles. The van der Waals surface area contributed by atoms with E-state index in [2.05, 4.69) is 16.3 Å². The second-order valence-electron chi connectivity index (χ2n) is 11.4. The van der Waals surface area contributed by atoms with Gasteiger partial charge in [0.2, 0.25) is 11.8 Å². The summed E-state index contributed by atoms with van der Waals surface area (Å²) in [6, 6.07) is 5.33. The number of hydrogen-bond donors (Lipinski definition) is 1. The van der Waals surface area contributed by atoms with Crippen LogP contribution in [0, 0.1) is 5.41 Å². The van der Waals surface area contributed by atoms with Gasteiger partial charge in [0.25, 0.3) is 5.91 Å². The first-order chi connectivity index (χ1) is 16.5. The summed E-state index contributed by atoms with van der Waals surface area (Å²) in [5.41, 5.74) is 2.30. The van der Waals surface area contributed by atoms with E-state index in [1.165, 1.54) is 0 Å². The zero-order chi connectivity index (χ0) is 25.0. The Morgan fingerprint density at radius 3 is 2.49 bits per heavy atom. The molecule has 1 aromatic rings. The Hall–Kier alpha value is -3.10. The predicted octanol–water partition coefficient (Wildman–Crippen LogP) is 2.68. The Kier molecular flexibility index (Phi) is 5.76. The van der Waals surface area contributed by atoms with Gasteiger partial charge in [-0.2, -0.15) is 0 Å². The van der Waals surface area contributed by atoms with E-state index in [0.29, 0.717) is 18.5 Å². The summed E-state index contributed by atoms with van der Waals surface area (Å²) in [6.07, 6.45) is 3.41. The minimum atomic E-state index is -0.596. The Bertz CT molecular complexity index is 1070. The van der Waals surface area contributed by atoms with Crippen LogP contribution >= 0.6 is 0 Å². The fourth-order valence-corrected chi connectivity index (χ4v) is 5.82. The fourth-order valence-electron chi connectivity index (χ4n) is 5.82. The highest BCUT2D eigenvalue weighted by Gasteiger charge is 2.44. The molecule has 1 unspecified atom stereocenters. The first kappa shape index (κ1) is 23.6. The highest BCUT2D eigenvalue weighted by Crippen LogP contribution is 2.42. The molecular formula is C26H34N4O5. The number of hydrogen-bond acceptors (Lipinski definition) is 6. The zero-order valence-corrected chi connectivity index (χ0v) is 20.8. The molecule has 1 atom stereocenters. The zero-order valence-electron chi connectivity index (χ0n) is 20.8. The molecular weight excluding hydrogens is 448 g/mol. The largest absolute Gasteiger partial charge is 0.444 e. The van der Waals surface area contributed by atoms with Gasteiger partial charge in [-0.15, -0.1) is 0 Å². The maximum absolute atomic E-state index is 13.0. The average molecular weight is 483 g/mol. The van der Waals surface area contributed by atoms with Crippen LogP contribution < -0.4 is 10.2 Å². The van der Waals surface area contributed by atoms with Crippen LogP contribution in [0.15, 0.2) is 18.2 Å². The van der Waals surface area contributed by atoms with E-state index < -0.39 is 11.6 Å². The number of benzene rings is 1. The van der Waals surface area contributed by atoms with E-state index in [4.69, 9.17) is 4.74 Å². The Morgan fingerprint density at radius 2 is 1.80 bits per heavy atom. The molecule has 1 N–H and O–H groups in total. The van der Waals surface area contributed by atoms with E-state index in [0.717, 1.165) is 56.7 Å². The molecule has 0 bridgehead atoms. The number of amides is 4. The first-order valence-electron chi connectivity index (χ1n) is 12.5. The maximum atomic E-state index is 13.0. The summed E-state index contributed by atoms with van der Waals surface area (Å²) < 4.78 is 5.57. The van der Waals surface area contributed by atoms with Crippen LogP contribution in [-0.2, 0) is 20.9 Å². The number of carbonyl (C=O) groups is 4. The van der Waals surface area contributed by atoms with Crippen LogP contribution in [0.3, 0.4) is 0 Å². The van der Waals surface area contributed by atoms with Crippen molar-refractivity contribution >= 4 is 29.5 Å². The van der Waals surface area contributed by atoms with Gasteiger partial charge in [-0.1, -0.05) is 0 Å². The average Bonchev–Trinajstić information content (AvgIpc) is 3.34. The minimum absolute atomic E-state index is 0.142. The van der Waals surface area contributed by atoms with Crippen LogP contribution in [0.5, 0.6) is 0 Å². The third kappa shape index (κ3) is 4.60. The van der Waals surface area contributed by atoms with Crippen LogP contribution in [0.4, 0.5) is 10.5 Å². The van der Waals surface area contributed by atoms with Gasteiger partial charge in [-0.05, 0) is 75.6 Å². The van der Waals surface area contributed by atoms with E-state index in [9.17, 15) is 19.2 Å². The predicted molar refractivity (Wildman–Crippen MR) is 129 cm³/mol.